The van der Waals surface area contributed by atoms with Crippen molar-refractivity contribution in [3.05, 3.63) is 224 Å². The first-order chi connectivity index (χ1) is 33.7. The minimum Gasteiger partial charge on any atom is -0.456 e. The highest BCUT2D eigenvalue weighted by Crippen LogP contribution is 2.40. The van der Waals surface area contributed by atoms with Gasteiger partial charge in [0.15, 0.2) is 34.9 Å². The van der Waals surface area contributed by atoms with Gasteiger partial charge in [0, 0.05) is 60.6 Å². The van der Waals surface area contributed by atoms with Crippen LogP contribution in [0.1, 0.15) is 0 Å². The van der Waals surface area contributed by atoms with Gasteiger partial charge in [-0.2, -0.15) is 0 Å². The average Bonchev–Trinajstić information content (AvgIpc) is 3.97. The lowest BCUT2D eigenvalue weighted by Gasteiger charge is -2.12. The number of fused-ring (bicyclic) bond motifs is 6. The number of aromatic nitrogens is 7. The van der Waals surface area contributed by atoms with Gasteiger partial charge in [0.1, 0.15) is 11.2 Å². The van der Waals surface area contributed by atoms with E-state index in [0.29, 0.717) is 34.9 Å². The molecular weight excluding hydrogens is 835 g/mol. The number of hydrogen-bond acceptors (Lipinski definition) is 7. The smallest absolute Gasteiger partial charge is 0.164 e. The molecule has 0 aliphatic rings. The lowest BCUT2D eigenvalue weighted by Crippen LogP contribution is -2.01. The number of nitrogens with zero attached hydrogens (tertiary/aromatic N) is 7. The Morgan fingerprint density at radius 2 is 0.735 bits per heavy atom. The van der Waals surface area contributed by atoms with Gasteiger partial charge < -0.3 is 8.98 Å². The topological polar surface area (TPSA) is 95.4 Å². The zero-order chi connectivity index (χ0) is 45.0. The van der Waals surface area contributed by atoms with Gasteiger partial charge in [0.25, 0.3) is 0 Å². The summed E-state index contributed by atoms with van der Waals surface area (Å²) in [5.74, 6) is 3.66. The molecule has 9 aromatic carbocycles. The lowest BCUT2D eigenvalue weighted by atomic mass is 9.99. The second-order valence-electron chi connectivity index (χ2n) is 16.7. The van der Waals surface area contributed by atoms with Crippen LogP contribution in [0.25, 0.3) is 129 Å². The van der Waals surface area contributed by atoms with Crippen molar-refractivity contribution in [2.24, 2.45) is 0 Å². The number of rotatable bonds is 8. The Morgan fingerprint density at radius 3 is 1.32 bits per heavy atom. The van der Waals surface area contributed by atoms with E-state index in [-0.39, 0.29) is 0 Å². The summed E-state index contributed by atoms with van der Waals surface area (Å²) < 4.78 is 8.86. The minimum absolute atomic E-state index is 0.582. The minimum atomic E-state index is 0.582. The highest BCUT2D eigenvalue weighted by molar-refractivity contribution is 6.14. The van der Waals surface area contributed by atoms with Crippen LogP contribution in [0.3, 0.4) is 0 Å². The number of para-hydroxylation sites is 1. The molecule has 13 aromatic rings. The first-order valence-corrected chi connectivity index (χ1v) is 22.5. The summed E-state index contributed by atoms with van der Waals surface area (Å²) in [5.41, 5.74) is 12.4. The van der Waals surface area contributed by atoms with E-state index in [4.69, 9.17) is 34.3 Å². The molecule has 0 N–H and O–H groups in total. The third-order valence-corrected chi connectivity index (χ3v) is 12.5. The van der Waals surface area contributed by atoms with Crippen molar-refractivity contribution in [1.29, 1.82) is 0 Å². The monoisotopic (exact) mass is 871 g/mol. The molecule has 68 heavy (non-hydrogen) atoms. The third kappa shape index (κ3) is 6.87. The predicted octanol–water partition coefficient (Wildman–Crippen LogP) is 14.7. The molecule has 0 spiro atoms. The van der Waals surface area contributed by atoms with Crippen LogP contribution in [0, 0.1) is 0 Å². The van der Waals surface area contributed by atoms with E-state index in [1.54, 1.807) is 0 Å². The van der Waals surface area contributed by atoms with Crippen LogP contribution in [-0.2, 0) is 0 Å². The van der Waals surface area contributed by atoms with E-state index in [9.17, 15) is 0 Å². The number of hydrogen-bond donors (Lipinski definition) is 0. The number of benzene rings is 9. The van der Waals surface area contributed by atoms with Gasteiger partial charge in [0.2, 0.25) is 0 Å². The summed E-state index contributed by atoms with van der Waals surface area (Å²) in [4.78, 5) is 30.1. The van der Waals surface area contributed by atoms with E-state index in [1.807, 2.05) is 133 Å². The molecule has 4 aromatic heterocycles. The first kappa shape index (κ1) is 39.0. The van der Waals surface area contributed by atoms with Crippen molar-refractivity contribution >= 4 is 43.7 Å². The molecule has 0 amide bonds. The maximum atomic E-state index is 6.53. The van der Waals surface area contributed by atoms with Gasteiger partial charge in [-0.1, -0.05) is 176 Å². The van der Waals surface area contributed by atoms with Crippen LogP contribution in [0.4, 0.5) is 0 Å². The second kappa shape index (κ2) is 16.2. The molecule has 0 aliphatic carbocycles. The van der Waals surface area contributed by atoms with E-state index >= 15 is 0 Å². The fourth-order valence-electron chi connectivity index (χ4n) is 9.27. The van der Waals surface area contributed by atoms with Crippen molar-refractivity contribution in [3.63, 3.8) is 0 Å². The molecule has 0 saturated carbocycles. The van der Waals surface area contributed by atoms with Crippen molar-refractivity contribution in [2.75, 3.05) is 0 Å². The van der Waals surface area contributed by atoms with Gasteiger partial charge in [-0.25, -0.2) is 29.9 Å². The van der Waals surface area contributed by atoms with Crippen LogP contribution in [0.2, 0.25) is 0 Å². The van der Waals surface area contributed by atoms with Crippen molar-refractivity contribution in [1.82, 2.24) is 34.5 Å². The summed E-state index contributed by atoms with van der Waals surface area (Å²) in [6, 6.07) is 76.6. The highest BCUT2D eigenvalue weighted by Gasteiger charge is 2.20. The van der Waals surface area contributed by atoms with Gasteiger partial charge in [0.05, 0.1) is 11.0 Å². The zero-order valence-corrected chi connectivity index (χ0v) is 36.4. The summed E-state index contributed by atoms with van der Waals surface area (Å²) in [6.07, 6.45) is 0. The van der Waals surface area contributed by atoms with E-state index in [1.165, 1.54) is 0 Å². The van der Waals surface area contributed by atoms with Crippen LogP contribution < -0.4 is 0 Å². The van der Waals surface area contributed by atoms with Crippen molar-refractivity contribution < 1.29 is 4.42 Å². The fraction of sp³-hybridized carbons (Fsp3) is 0. The Labute approximate surface area is 390 Å². The Kier molecular flexibility index (Phi) is 9.31. The summed E-state index contributed by atoms with van der Waals surface area (Å²) in [6.45, 7) is 0. The van der Waals surface area contributed by atoms with Crippen molar-refractivity contribution in [2.45, 2.75) is 0 Å². The molecule has 0 unspecified atom stereocenters. The molecule has 0 fully saturated rings. The summed E-state index contributed by atoms with van der Waals surface area (Å²) in [5, 5.41) is 4.24. The molecule has 0 aliphatic heterocycles. The van der Waals surface area contributed by atoms with Gasteiger partial charge in [-0.05, 0) is 59.7 Å². The average molecular weight is 872 g/mol. The SMILES string of the molecule is c1ccc(-c2nc(-c3ccccc3)nc(-c3cccc(-n4c5ccccc5c5cc(-c6ccc7oc8cccc(-c9nc(-c%10ccccc%10)nc(-c%10ccccc%10)n9)c8c7c6)ccc54)c3)n2)cc1. The second-order valence-corrected chi connectivity index (χ2v) is 16.7. The standard InChI is InChI=1S/C60H37N7O/c1-5-17-38(18-6-1)55-61-56(39-19-7-2-8-20-39)64-59(63-55)44-25-15-26-45(35-44)67-50-29-14-13-27-46(50)48-36-42(31-33-51(48)67)43-32-34-52-49(37-43)54-47(28-16-30-53(54)68-52)60-65-57(40-21-9-3-10-22-40)62-58(66-60)41-23-11-4-12-24-41/h1-37H. The Morgan fingerprint density at radius 1 is 0.279 bits per heavy atom. The van der Waals surface area contributed by atoms with Crippen LogP contribution >= 0.6 is 0 Å². The molecule has 0 bridgehead atoms. The quantitative estimate of drug-likeness (QED) is 0.150. The van der Waals surface area contributed by atoms with E-state index < -0.39 is 0 Å². The van der Waals surface area contributed by atoms with Crippen LogP contribution in [0.15, 0.2) is 229 Å². The molecule has 13 rings (SSSR count). The van der Waals surface area contributed by atoms with Crippen LogP contribution in [0.5, 0.6) is 0 Å². The molecule has 0 atom stereocenters. The normalized spacial score (nSPS) is 11.5. The maximum absolute atomic E-state index is 6.53. The molecule has 4 heterocycles. The van der Waals surface area contributed by atoms with Gasteiger partial charge >= 0.3 is 0 Å². The van der Waals surface area contributed by atoms with Crippen LogP contribution in [-0.4, -0.2) is 34.5 Å². The zero-order valence-electron chi connectivity index (χ0n) is 36.4. The summed E-state index contributed by atoms with van der Waals surface area (Å²) in [7, 11) is 0. The van der Waals surface area contributed by atoms with Gasteiger partial charge in [-0.15, -0.1) is 0 Å². The number of furan rings is 1. The molecule has 318 valence electrons. The highest BCUT2D eigenvalue weighted by atomic mass is 16.3. The fourth-order valence-corrected chi connectivity index (χ4v) is 9.27. The maximum Gasteiger partial charge on any atom is 0.164 e. The summed E-state index contributed by atoms with van der Waals surface area (Å²) >= 11 is 0. The third-order valence-electron chi connectivity index (χ3n) is 12.5. The molecular formula is C60H37N7O. The lowest BCUT2D eigenvalue weighted by molar-refractivity contribution is 0.669. The largest absolute Gasteiger partial charge is 0.456 e. The molecule has 8 heteroatoms. The van der Waals surface area contributed by atoms with E-state index in [0.717, 1.165) is 93.9 Å². The Hall–Kier alpha value is -9.40. The first-order valence-electron chi connectivity index (χ1n) is 22.5. The molecule has 0 radical (unpaired) electrons. The van der Waals surface area contributed by atoms with Gasteiger partial charge in [-0.3, -0.25) is 0 Å². The van der Waals surface area contributed by atoms with E-state index in [2.05, 4.69) is 95.6 Å². The molecule has 8 nitrogen and oxygen atoms in total. The predicted molar refractivity (Wildman–Crippen MR) is 273 cm³/mol. The molecule has 0 saturated heterocycles. The Balaban J connectivity index is 0.927. The van der Waals surface area contributed by atoms with Crippen molar-refractivity contribution in [3.8, 4) is 85.1 Å². The Bertz CT molecular complexity index is 3900.